The van der Waals surface area contributed by atoms with E-state index in [1.54, 1.807) is 36.2 Å². The summed E-state index contributed by atoms with van der Waals surface area (Å²) < 4.78 is 6.99. The summed E-state index contributed by atoms with van der Waals surface area (Å²) in [6.07, 6.45) is 1.58. The van der Waals surface area contributed by atoms with Gasteiger partial charge in [0.1, 0.15) is 12.1 Å². The quantitative estimate of drug-likeness (QED) is 0.794. The van der Waals surface area contributed by atoms with Crippen molar-refractivity contribution in [2.24, 2.45) is 0 Å². The number of nitrogens with zero attached hydrogens (tertiary/aromatic N) is 3. The Labute approximate surface area is 103 Å². The molecule has 0 fully saturated rings. The van der Waals surface area contributed by atoms with Crippen molar-refractivity contribution in [2.75, 3.05) is 7.11 Å². The van der Waals surface area contributed by atoms with Crippen molar-refractivity contribution in [2.45, 2.75) is 5.88 Å². The molecule has 0 aliphatic carbocycles. The fourth-order valence-electron chi connectivity index (χ4n) is 1.40. The Morgan fingerprint density at radius 3 is 2.94 bits per heavy atom. The largest absolute Gasteiger partial charge is 0.495 e. The Bertz CT molecular complexity index is 499. The smallest absolute Gasteiger partial charge is 0.152 e. The molecule has 0 amide bonds. The molecule has 6 heteroatoms. The van der Waals surface area contributed by atoms with Crippen LogP contribution in [0.3, 0.4) is 0 Å². The zero-order chi connectivity index (χ0) is 11.5. The van der Waals surface area contributed by atoms with Gasteiger partial charge in [-0.25, -0.2) is 0 Å². The molecule has 0 radical (unpaired) electrons. The molecule has 0 spiro atoms. The Morgan fingerprint density at radius 2 is 2.25 bits per heavy atom. The van der Waals surface area contributed by atoms with Gasteiger partial charge in [0.15, 0.2) is 5.82 Å². The maximum Gasteiger partial charge on any atom is 0.152 e. The van der Waals surface area contributed by atoms with Gasteiger partial charge in [0.2, 0.25) is 0 Å². The van der Waals surface area contributed by atoms with Crippen LogP contribution < -0.4 is 4.74 Å². The summed E-state index contributed by atoms with van der Waals surface area (Å²) in [6.45, 7) is 0. The highest BCUT2D eigenvalue weighted by atomic mass is 35.5. The standard InChI is InChI=1S/C10H9Cl2N3O/c1-16-9-3-2-7(12)4-8(9)15-6-13-14-10(15)5-11/h2-4,6H,5H2,1H3. The van der Waals surface area contributed by atoms with Gasteiger partial charge >= 0.3 is 0 Å². The Kier molecular flexibility index (Phi) is 3.31. The summed E-state index contributed by atoms with van der Waals surface area (Å²) in [6, 6.07) is 5.32. The van der Waals surface area contributed by atoms with Crippen LogP contribution >= 0.6 is 23.2 Å². The van der Waals surface area contributed by atoms with Gasteiger partial charge < -0.3 is 4.74 Å². The topological polar surface area (TPSA) is 39.9 Å². The lowest BCUT2D eigenvalue weighted by atomic mass is 10.3. The first-order valence-corrected chi connectivity index (χ1v) is 5.46. The van der Waals surface area contributed by atoms with Crippen LogP contribution in [0, 0.1) is 0 Å². The van der Waals surface area contributed by atoms with E-state index in [0.29, 0.717) is 16.6 Å². The van der Waals surface area contributed by atoms with Crippen molar-refractivity contribution in [3.63, 3.8) is 0 Å². The zero-order valence-corrected chi connectivity index (χ0v) is 10.0. The first-order chi connectivity index (χ1) is 7.76. The zero-order valence-electron chi connectivity index (χ0n) is 8.52. The van der Waals surface area contributed by atoms with Gasteiger partial charge in [-0.05, 0) is 18.2 Å². The highest BCUT2D eigenvalue weighted by Gasteiger charge is 2.10. The van der Waals surface area contributed by atoms with Gasteiger partial charge in [0.25, 0.3) is 0 Å². The number of rotatable bonds is 3. The molecule has 0 unspecified atom stereocenters. The van der Waals surface area contributed by atoms with Crippen molar-refractivity contribution in [3.05, 3.63) is 35.4 Å². The number of hydrogen-bond donors (Lipinski definition) is 0. The van der Waals surface area contributed by atoms with Crippen molar-refractivity contribution >= 4 is 23.2 Å². The van der Waals surface area contributed by atoms with E-state index in [1.165, 1.54) is 0 Å². The minimum absolute atomic E-state index is 0.273. The van der Waals surface area contributed by atoms with E-state index in [9.17, 15) is 0 Å². The highest BCUT2D eigenvalue weighted by Crippen LogP contribution is 2.27. The molecule has 0 saturated heterocycles. The van der Waals surface area contributed by atoms with Crippen LogP contribution in [0.15, 0.2) is 24.5 Å². The van der Waals surface area contributed by atoms with Gasteiger partial charge in [-0.3, -0.25) is 4.57 Å². The lowest BCUT2D eigenvalue weighted by molar-refractivity contribution is 0.412. The van der Waals surface area contributed by atoms with Crippen LogP contribution in [0.2, 0.25) is 5.02 Å². The van der Waals surface area contributed by atoms with Crippen LogP contribution in [-0.2, 0) is 5.88 Å². The second-order valence-electron chi connectivity index (χ2n) is 3.07. The maximum atomic E-state index is 5.94. The number of benzene rings is 1. The third-order valence-electron chi connectivity index (χ3n) is 2.14. The molecule has 0 aliphatic rings. The first-order valence-electron chi connectivity index (χ1n) is 4.55. The average Bonchev–Trinajstić information content (AvgIpc) is 2.76. The molecule has 0 saturated carbocycles. The summed E-state index contributed by atoms with van der Waals surface area (Å²) in [5, 5.41) is 8.32. The lowest BCUT2D eigenvalue weighted by Gasteiger charge is -2.10. The van der Waals surface area contributed by atoms with Crippen LogP contribution in [0.4, 0.5) is 0 Å². The molecule has 0 bridgehead atoms. The first kappa shape index (κ1) is 11.2. The maximum absolute atomic E-state index is 5.94. The second kappa shape index (κ2) is 4.72. The summed E-state index contributed by atoms with van der Waals surface area (Å²) >= 11 is 11.7. The number of methoxy groups -OCH3 is 1. The van der Waals surface area contributed by atoms with E-state index in [4.69, 9.17) is 27.9 Å². The molecule has 0 atom stereocenters. The molecule has 0 N–H and O–H groups in total. The average molecular weight is 258 g/mol. The van der Waals surface area contributed by atoms with Gasteiger partial charge in [0.05, 0.1) is 18.7 Å². The number of aromatic nitrogens is 3. The number of halogens is 2. The Hall–Kier alpha value is -1.26. The molecule has 2 rings (SSSR count). The van der Waals surface area contributed by atoms with Crippen molar-refractivity contribution in [1.29, 1.82) is 0 Å². The van der Waals surface area contributed by atoms with Crippen molar-refractivity contribution < 1.29 is 4.74 Å². The van der Waals surface area contributed by atoms with Crippen LogP contribution in [0.5, 0.6) is 5.75 Å². The SMILES string of the molecule is COc1ccc(Cl)cc1-n1cnnc1CCl. The molecular formula is C10H9Cl2N3O. The van der Waals surface area contributed by atoms with Gasteiger partial charge in [-0.1, -0.05) is 11.6 Å². The van der Waals surface area contributed by atoms with E-state index in [1.807, 2.05) is 0 Å². The Morgan fingerprint density at radius 1 is 1.44 bits per heavy atom. The predicted molar refractivity (Wildman–Crippen MR) is 62.5 cm³/mol. The highest BCUT2D eigenvalue weighted by molar-refractivity contribution is 6.30. The minimum atomic E-state index is 0.273. The van der Waals surface area contributed by atoms with E-state index >= 15 is 0 Å². The summed E-state index contributed by atoms with van der Waals surface area (Å²) in [5.74, 6) is 1.60. The van der Waals surface area contributed by atoms with E-state index in [-0.39, 0.29) is 5.88 Å². The number of ether oxygens (including phenoxy) is 1. The molecule has 0 aliphatic heterocycles. The van der Waals surface area contributed by atoms with Gasteiger partial charge in [-0.15, -0.1) is 21.8 Å². The summed E-state index contributed by atoms with van der Waals surface area (Å²) in [5.41, 5.74) is 0.774. The second-order valence-corrected chi connectivity index (χ2v) is 3.77. The van der Waals surface area contributed by atoms with Gasteiger partial charge in [-0.2, -0.15) is 0 Å². The molecule has 4 nitrogen and oxygen atoms in total. The lowest BCUT2D eigenvalue weighted by Crippen LogP contribution is -2.00. The molecule has 2 aromatic rings. The van der Waals surface area contributed by atoms with E-state index < -0.39 is 0 Å². The summed E-state index contributed by atoms with van der Waals surface area (Å²) in [4.78, 5) is 0. The van der Waals surface area contributed by atoms with E-state index in [2.05, 4.69) is 10.2 Å². The fraction of sp³-hybridized carbons (Fsp3) is 0.200. The molecule has 1 aromatic carbocycles. The van der Waals surface area contributed by atoms with Crippen LogP contribution in [0.1, 0.15) is 5.82 Å². The van der Waals surface area contributed by atoms with Crippen molar-refractivity contribution in [3.8, 4) is 11.4 Å². The molecule has 1 heterocycles. The normalized spacial score (nSPS) is 10.4. The molecular weight excluding hydrogens is 249 g/mol. The van der Waals surface area contributed by atoms with E-state index in [0.717, 1.165) is 5.69 Å². The van der Waals surface area contributed by atoms with Crippen molar-refractivity contribution in [1.82, 2.24) is 14.8 Å². The third kappa shape index (κ3) is 1.99. The van der Waals surface area contributed by atoms with Crippen LogP contribution in [0.25, 0.3) is 5.69 Å². The number of hydrogen-bond acceptors (Lipinski definition) is 3. The van der Waals surface area contributed by atoms with Crippen LogP contribution in [-0.4, -0.2) is 21.9 Å². The molecule has 84 valence electrons. The molecule has 1 aromatic heterocycles. The molecule has 16 heavy (non-hydrogen) atoms. The number of alkyl halides is 1. The third-order valence-corrected chi connectivity index (χ3v) is 2.61. The fourth-order valence-corrected chi connectivity index (χ4v) is 1.75. The summed E-state index contributed by atoms with van der Waals surface area (Å²) in [7, 11) is 1.59. The van der Waals surface area contributed by atoms with Gasteiger partial charge in [0, 0.05) is 5.02 Å². The Balaban J connectivity index is 2.58. The monoisotopic (exact) mass is 257 g/mol. The minimum Gasteiger partial charge on any atom is -0.495 e. The predicted octanol–water partition coefficient (Wildman–Crippen LogP) is 2.67.